The van der Waals surface area contributed by atoms with Crippen molar-refractivity contribution in [1.29, 1.82) is 0 Å². The van der Waals surface area contributed by atoms with Gasteiger partial charge >= 0.3 is 0 Å². The molecule has 74 valence electrons. The maximum Gasteiger partial charge on any atom is 0.0946 e. The summed E-state index contributed by atoms with van der Waals surface area (Å²) in [7, 11) is 1.91. The fourth-order valence-electron chi connectivity index (χ4n) is 1.05. The molecule has 1 aromatic heterocycles. The molecule has 3 N–H and O–H groups in total. The van der Waals surface area contributed by atoms with E-state index in [1.54, 1.807) is 20.2 Å². The molecule has 4 nitrogen and oxygen atoms in total. The Morgan fingerprint density at radius 2 is 2.31 bits per heavy atom. The second-order valence-electron chi connectivity index (χ2n) is 3.99. The van der Waals surface area contributed by atoms with E-state index in [0.29, 0.717) is 6.42 Å². The fraction of sp³-hybridized carbons (Fsp3) is 0.667. The van der Waals surface area contributed by atoms with E-state index in [9.17, 15) is 5.11 Å². The van der Waals surface area contributed by atoms with Gasteiger partial charge in [-0.3, -0.25) is 0 Å². The van der Waals surface area contributed by atoms with Gasteiger partial charge < -0.3 is 15.4 Å². The zero-order valence-corrected chi connectivity index (χ0v) is 8.36. The molecule has 0 spiro atoms. The third-order valence-corrected chi connectivity index (χ3v) is 2.09. The van der Waals surface area contributed by atoms with Crippen molar-refractivity contribution in [2.24, 2.45) is 12.8 Å². The molecule has 4 heteroatoms. The Morgan fingerprint density at radius 1 is 1.69 bits per heavy atom. The minimum absolute atomic E-state index is 0.276. The molecule has 0 aliphatic carbocycles. The zero-order valence-electron chi connectivity index (χ0n) is 8.36. The highest BCUT2D eigenvalue weighted by molar-refractivity contribution is 5.01. The van der Waals surface area contributed by atoms with E-state index in [1.807, 2.05) is 17.8 Å². The van der Waals surface area contributed by atoms with Crippen molar-refractivity contribution in [2.45, 2.75) is 31.9 Å². The monoisotopic (exact) mass is 183 g/mol. The minimum Gasteiger partial charge on any atom is -0.389 e. The average molecular weight is 183 g/mol. The molecule has 0 saturated carbocycles. The third kappa shape index (κ3) is 2.82. The number of rotatable bonds is 3. The molecule has 1 rings (SSSR count). The Kier molecular flexibility index (Phi) is 2.73. The van der Waals surface area contributed by atoms with Gasteiger partial charge in [0.2, 0.25) is 0 Å². The molecule has 1 heterocycles. The lowest BCUT2D eigenvalue weighted by Crippen LogP contribution is -2.44. The number of aryl methyl sites for hydroxylation is 1. The molecule has 0 aromatic carbocycles. The van der Waals surface area contributed by atoms with Gasteiger partial charge in [-0.1, -0.05) is 0 Å². The largest absolute Gasteiger partial charge is 0.389 e. The van der Waals surface area contributed by atoms with Crippen LogP contribution in [0.1, 0.15) is 19.5 Å². The maximum absolute atomic E-state index is 9.59. The summed E-state index contributed by atoms with van der Waals surface area (Å²) in [5.74, 6) is 0. The van der Waals surface area contributed by atoms with Crippen LogP contribution in [0.3, 0.4) is 0 Å². The van der Waals surface area contributed by atoms with Gasteiger partial charge in [0.15, 0.2) is 0 Å². The summed E-state index contributed by atoms with van der Waals surface area (Å²) in [6, 6.07) is -0.276. The highest BCUT2D eigenvalue weighted by Crippen LogP contribution is 2.10. The standard InChI is InChI=1S/C9H17N3O/c1-9(2,13)8(10)4-7-5-12(3)6-11-7/h5-6,8,13H,4,10H2,1-3H3. The maximum atomic E-state index is 9.59. The Morgan fingerprint density at radius 3 is 2.69 bits per heavy atom. The highest BCUT2D eigenvalue weighted by Gasteiger charge is 2.23. The number of aromatic nitrogens is 2. The van der Waals surface area contributed by atoms with Crippen LogP contribution in [0.4, 0.5) is 0 Å². The van der Waals surface area contributed by atoms with E-state index in [0.717, 1.165) is 5.69 Å². The first-order valence-corrected chi connectivity index (χ1v) is 4.34. The van der Waals surface area contributed by atoms with Gasteiger partial charge in [-0.05, 0) is 13.8 Å². The summed E-state index contributed by atoms with van der Waals surface area (Å²) >= 11 is 0. The van der Waals surface area contributed by atoms with Crippen LogP contribution in [0.2, 0.25) is 0 Å². The van der Waals surface area contributed by atoms with Gasteiger partial charge in [-0.15, -0.1) is 0 Å². The van der Waals surface area contributed by atoms with E-state index < -0.39 is 5.60 Å². The molecule has 1 aromatic rings. The quantitative estimate of drug-likeness (QED) is 0.696. The zero-order chi connectivity index (χ0) is 10.1. The number of aliphatic hydroxyl groups is 1. The summed E-state index contributed by atoms with van der Waals surface area (Å²) in [6.45, 7) is 3.42. The van der Waals surface area contributed by atoms with Crippen molar-refractivity contribution in [2.75, 3.05) is 0 Å². The number of hydrogen-bond donors (Lipinski definition) is 2. The molecular formula is C9H17N3O. The number of nitrogens with zero attached hydrogens (tertiary/aromatic N) is 2. The van der Waals surface area contributed by atoms with Crippen molar-refractivity contribution in [1.82, 2.24) is 9.55 Å². The van der Waals surface area contributed by atoms with Gasteiger partial charge in [0.05, 0.1) is 17.6 Å². The first-order valence-electron chi connectivity index (χ1n) is 4.34. The molecule has 1 atom stereocenters. The molecule has 0 amide bonds. The van der Waals surface area contributed by atoms with E-state index in [2.05, 4.69) is 4.98 Å². The molecule has 13 heavy (non-hydrogen) atoms. The molecule has 0 fully saturated rings. The molecule has 0 radical (unpaired) electrons. The topological polar surface area (TPSA) is 64.1 Å². The molecule has 0 saturated heterocycles. The number of nitrogens with two attached hydrogens (primary N) is 1. The summed E-state index contributed by atoms with van der Waals surface area (Å²) in [6.07, 6.45) is 4.24. The van der Waals surface area contributed by atoms with Crippen LogP contribution in [0.15, 0.2) is 12.5 Å². The van der Waals surface area contributed by atoms with Crippen molar-refractivity contribution in [3.63, 3.8) is 0 Å². The Hall–Kier alpha value is -0.870. The molecular weight excluding hydrogens is 166 g/mol. The molecule has 0 aliphatic rings. The molecule has 0 bridgehead atoms. The lowest BCUT2D eigenvalue weighted by Gasteiger charge is -2.24. The molecule has 1 unspecified atom stereocenters. The smallest absolute Gasteiger partial charge is 0.0946 e. The van der Waals surface area contributed by atoms with Gasteiger partial charge in [-0.25, -0.2) is 4.98 Å². The van der Waals surface area contributed by atoms with Crippen molar-refractivity contribution >= 4 is 0 Å². The second kappa shape index (κ2) is 3.47. The van der Waals surface area contributed by atoms with E-state index in [4.69, 9.17) is 5.73 Å². The predicted molar refractivity (Wildman–Crippen MR) is 51.2 cm³/mol. The number of hydrogen-bond acceptors (Lipinski definition) is 3. The van der Waals surface area contributed by atoms with Crippen molar-refractivity contribution in [3.05, 3.63) is 18.2 Å². The highest BCUT2D eigenvalue weighted by atomic mass is 16.3. The third-order valence-electron chi connectivity index (χ3n) is 2.09. The summed E-state index contributed by atoms with van der Waals surface area (Å²) in [5, 5.41) is 9.59. The van der Waals surface area contributed by atoms with E-state index >= 15 is 0 Å². The van der Waals surface area contributed by atoms with Gasteiger partial charge in [0.25, 0.3) is 0 Å². The average Bonchev–Trinajstić information content (AvgIpc) is 2.33. The Balaban J connectivity index is 2.60. The lowest BCUT2D eigenvalue weighted by atomic mass is 9.96. The van der Waals surface area contributed by atoms with E-state index in [-0.39, 0.29) is 6.04 Å². The summed E-state index contributed by atoms with van der Waals surface area (Å²) in [5.41, 5.74) is 5.86. The minimum atomic E-state index is -0.850. The van der Waals surface area contributed by atoms with Crippen LogP contribution in [0.5, 0.6) is 0 Å². The van der Waals surface area contributed by atoms with Crippen molar-refractivity contribution in [3.8, 4) is 0 Å². The van der Waals surface area contributed by atoms with Crippen LogP contribution in [0.25, 0.3) is 0 Å². The van der Waals surface area contributed by atoms with Crippen LogP contribution in [0, 0.1) is 0 Å². The Labute approximate surface area is 78.4 Å². The Bertz CT molecular complexity index is 275. The SMILES string of the molecule is Cn1cnc(CC(N)C(C)(C)O)c1. The number of imidazole rings is 1. The van der Waals surface area contributed by atoms with Gasteiger partial charge in [-0.2, -0.15) is 0 Å². The van der Waals surface area contributed by atoms with Crippen LogP contribution in [-0.2, 0) is 13.5 Å². The second-order valence-corrected chi connectivity index (χ2v) is 3.99. The van der Waals surface area contributed by atoms with Gasteiger partial charge in [0, 0.05) is 25.7 Å². The van der Waals surface area contributed by atoms with Crippen LogP contribution in [-0.4, -0.2) is 26.3 Å². The lowest BCUT2D eigenvalue weighted by molar-refractivity contribution is 0.0518. The fourth-order valence-corrected chi connectivity index (χ4v) is 1.05. The molecule has 0 aliphatic heterocycles. The normalized spacial score (nSPS) is 14.5. The first-order chi connectivity index (χ1) is 5.89. The summed E-state index contributed by atoms with van der Waals surface area (Å²) < 4.78 is 1.87. The van der Waals surface area contributed by atoms with Crippen LogP contribution < -0.4 is 5.73 Å². The van der Waals surface area contributed by atoms with E-state index in [1.165, 1.54) is 0 Å². The van der Waals surface area contributed by atoms with Crippen LogP contribution >= 0.6 is 0 Å². The predicted octanol–water partition coefficient (Wildman–Crippen LogP) is 0.0608. The first kappa shape index (κ1) is 10.2. The van der Waals surface area contributed by atoms with Gasteiger partial charge in [0.1, 0.15) is 0 Å². The summed E-state index contributed by atoms with van der Waals surface area (Å²) in [4.78, 5) is 4.14. The van der Waals surface area contributed by atoms with Crippen molar-refractivity contribution < 1.29 is 5.11 Å².